The number of hydrogen-bond acceptors (Lipinski definition) is 4. The third-order valence-electron chi connectivity index (χ3n) is 0. The molecule has 0 aromatic carbocycles. The van der Waals surface area contributed by atoms with Crippen molar-refractivity contribution in [2.75, 3.05) is 0 Å². The van der Waals surface area contributed by atoms with E-state index in [4.69, 9.17) is 0 Å². The van der Waals surface area contributed by atoms with Crippen molar-refractivity contribution in [1.82, 2.24) is 12.3 Å². The molecule has 0 fully saturated rings. The van der Waals surface area contributed by atoms with E-state index in [1.165, 1.54) is 0 Å². The van der Waals surface area contributed by atoms with Crippen LogP contribution in [-0.4, -0.2) is 0 Å². The Hall–Kier alpha value is 1.75. The Balaban J connectivity index is -0.00000000333. The van der Waals surface area contributed by atoms with Crippen molar-refractivity contribution in [3.05, 3.63) is 0 Å². The SMILES string of the molecule is [NH4+].[NH4+].[SH-].[SH-].[S]=[Mo]=[S]. The van der Waals surface area contributed by atoms with E-state index in [2.05, 4.69) is 19.6 Å². The number of rotatable bonds is 0. The van der Waals surface area contributed by atoms with Gasteiger partial charge in [-0.2, -0.15) is 0 Å². The van der Waals surface area contributed by atoms with Crippen LogP contribution >= 0.6 is 19.6 Å². The van der Waals surface area contributed by atoms with Gasteiger partial charge in [0.15, 0.2) is 0 Å². The summed E-state index contributed by atoms with van der Waals surface area (Å²) in [7, 11) is 8.68. The second-order valence-corrected chi connectivity index (χ2v) is 3.62. The number of thiol groups is 2. The molecule has 0 aliphatic heterocycles. The summed E-state index contributed by atoms with van der Waals surface area (Å²) in [6, 6.07) is 0. The van der Waals surface area contributed by atoms with Gasteiger partial charge < -0.3 is 39.3 Å². The Morgan fingerprint density at radius 2 is 0.857 bits per heavy atom. The van der Waals surface area contributed by atoms with Crippen LogP contribution in [-0.2, 0) is 41.9 Å². The fraction of sp³-hybridized carbons (Fsp3) is 0. The maximum absolute atomic E-state index is 4.34. The molecule has 0 saturated carbocycles. The van der Waals surface area contributed by atoms with E-state index in [0.717, 1.165) is 0 Å². The summed E-state index contributed by atoms with van der Waals surface area (Å²) in [6.45, 7) is 0. The van der Waals surface area contributed by atoms with Gasteiger partial charge in [-0.15, -0.1) is 0 Å². The van der Waals surface area contributed by atoms with Gasteiger partial charge in [-0.05, 0) is 0 Å². The summed E-state index contributed by atoms with van der Waals surface area (Å²) < 4.78 is 0. The second kappa shape index (κ2) is 46.7. The topological polar surface area (TPSA) is 73.0 Å². The van der Waals surface area contributed by atoms with E-state index in [0.29, 0.717) is 0 Å². The number of quaternary nitrogens is 2. The predicted octanol–water partition coefficient (Wildman–Crippen LogP) is 1.51. The van der Waals surface area contributed by atoms with Gasteiger partial charge in [0.2, 0.25) is 0 Å². The Morgan fingerprint density at radius 3 is 0.857 bits per heavy atom. The van der Waals surface area contributed by atoms with E-state index in [1.54, 1.807) is 0 Å². The molecule has 50 valence electrons. The summed E-state index contributed by atoms with van der Waals surface area (Å²) in [6.07, 6.45) is 0. The summed E-state index contributed by atoms with van der Waals surface area (Å²) >= 11 is -0.363. The number of hydrogen-bond donors (Lipinski definition) is 2. The first kappa shape index (κ1) is 37.4. The van der Waals surface area contributed by atoms with Crippen molar-refractivity contribution < 1.29 is 14.9 Å². The molecule has 7 heavy (non-hydrogen) atoms. The maximum atomic E-state index is 4.34. The molecule has 8 N–H and O–H groups in total. The summed E-state index contributed by atoms with van der Waals surface area (Å²) in [5.74, 6) is 0. The molecular weight excluding hydrogens is 252 g/mol. The molecule has 0 aromatic heterocycles. The first-order chi connectivity index (χ1) is 1.41. The molecule has 0 spiro atoms. The van der Waals surface area contributed by atoms with Gasteiger partial charge in [-0.1, -0.05) is 0 Å². The zero-order valence-electron chi connectivity index (χ0n) is 4.12. The molecule has 0 aliphatic carbocycles. The molecule has 0 rings (SSSR count). The Kier molecular flexibility index (Phi) is 249. The molecule has 0 radical (unpaired) electrons. The molecule has 7 heteroatoms. The van der Waals surface area contributed by atoms with Crippen LogP contribution in [0.1, 0.15) is 0 Å². The zero-order valence-corrected chi connectivity index (χ0v) is 9.55. The van der Waals surface area contributed by atoms with E-state index < -0.39 is 0 Å². The van der Waals surface area contributed by atoms with Crippen molar-refractivity contribution in [1.29, 1.82) is 0 Å². The van der Waals surface area contributed by atoms with Gasteiger partial charge in [0.1, 0.15) is 0 Å². The molecular formula is H10MoN2S4. The molecule has 0 heterocycles. The average Bonchev–Trinajstić information content (AvgIpc) is 0.918. The van der Waals surface area contributed by atoms with Gasteiger partial charge in [-0.3, -0.25) is 0 Å². The monoisotopic (exact) mass is 264 g/mol. The van der Waals surface area contributed by atoms with Crippen LogP contribution < -0.4 is 12.3 Å². The van der Waals surface area contributed by atoms with Crippen molar-refractivity contribution in [3.63, 3.8) is 0 Å². The van der Waals surface area contributed by atoms with E-state index in [-0.39, 0.29) is 54.2 Å². The van der Waals surface area contributed by atoms with E-state index >= 15 is 0 Å². The Labute approximate surface area is 73.3 Å². The molecule has 2 nitrogen and oxygen atoms in total. The van der Waals surface area contributed by atoms with Gasteiger partial charge in [0, 0.05) is 0 Å². The summed E-state index contributed by atoms with van der Waals surface area (Å²) in [4.78, 5) is 0. The summed E-state index contributed by atoms with van der Waals surface area (Å²) in [5, 5.41) is 0. The van der Waals surface area contributed by atoms with Crippen LogP contribution in [0, 0.1) is 0 Å². The fourth-order valence-corrected chi connectivity index (χ4v) is 0. The molecule has 0 aliphatic rings. The van der Waals surface area contributed by atoms with E-state index in [9.17, 15) is 0 Å². The average molecular weight is 262 g/mol. The standard InChI is InChI=1S/Mo.2H3N.2H2S.2S/h;2*1H3;2*1H2;;. The van der Waals surface area contributed by atoms with Gasteiger partial charge in [0.05, 0.1) is 0 Å². The Morgan fingerprint density at radius 1 is 0.857 bits per heavy atom. The van der Waals surface area contributed by atoms with Crippen molar-refractivity contribution in [3.8, 4) is 0 Å². The molecule has 0 aromatic rings. The predicted molar refractivity (Wildman–Crippen MR) is 44.7 cm³/mol. The van der Waals surface area contributed by atoms with Crippen LogP contribution in [0.25, 0.3) is 0 Å². The third kappa shape index (κ3) is 83.8. The first-order valence-electron chi connectivity index (χ1n) is 0.333. The van der Waals surface area contributed by atoms with Crippen LogP contribution in [0.3, 0.4) is 0 Å². The van der Waals surface area contributed by atoms with Crippen LogP contribution in [0.2, 0.25) is 0 Å². The normalized spacial score (nSPS) is 1.71. The van der Waals surface area contributed by atoms with Crippen molar-refractivity contribution in [2.24, 2.45) is 0 Å². The van der Waals surface area contributed by atoms with Crippen molar-refractivity contribution in [2.45, 2.75) is 0 Å². The second-order valence-electron chi connectivity index (χ2n) is 0.0680. The molecule has 0 saturated heterocycles. The van der Waals surface area contributed by atoms with Gasteiger partial charge in [-0.25, -0.2) is 0 Å². The van der Waals surface area contributed by atoms with Crippen molar-refractivity contribution >= 4 is 46.6 Å². The first-order valence-corrected chi connectivity index (χ1v) is 5.92. The van der Waals surface area contributed by atoms with E-state index in [1.807, 2.05) is 0 Å². The van der Waals surface area contributed by atoms with Crippen LogP contribution in [0.4, 0.5) is 0 Å². The quantitative estimate of drug-likeness (QED) is 0.394. The minimum atomic E-state index is -0.363. The van der Waals surface area contributed by atoms with Gasteiger partial charge in [0.25, 0.3) is 0 Å². The zero-order chi connectivity index (χ0) is 2.71. The molecule has 0 atom stereocenters. The van der Waals surface area contributed by atoms with Crippen LogP contribution in [0.5, 0.6) is 0 Å². The summed E-state index contributed by atoms with van der Waals surface area (Å²) in [5.41, 5.74) is 0. The molecule has 0 bridgehead atoms. The fourth-order valence-electron chi connectivity index (χ4n) is 0. The third-order valence-corrected chi connectivity index (χ3v) is 0. The Bertz CT molecular complexity index is 30.7. The van der Waals surface area contributed by atoms with Crippen LogP contribution in [0.15, 0.2) is 0 Å². The molecule has 0 amide bonds. The minimum absolute atomic E-state index is 0. The van der Waals surface area contributed by atoms with Gasteiger partial charge >= 0.3 is 34.6 Å². The molecule has 0 unspecified atom stereocenters.